The van der Waals surface area contributed by atoms with Crippen LogP contribution < -0.4 is 16.0 Å². The van der Waals surface area contributed by atoms with Crippen LogP contribution in [-0.2, 0) is 14.1 Å². The molecule has 1 aromatic carbocycles. The minimum Gasteiger partial charge on any atom is -0.497 e. The number of aromatic nitrogens is 4. The Hall–Kier alpha value is -3.09. The van der Waals surface area contributed by atoms with E-state index in [0.29, 0.717) is 17.0 Å². The molecule has 3 rings (SSSR count). The van der Waals surface area contributed by atoms with Gasteiger partial charge in [0.1, 0.15) is 17.1 Å². The fraction of sp³-hybridized carbons (Fsp3) is 0.188. The molecule has 0 atom stereocenters. The quantitative estimate of drug-likeness (QED) is 0.786. The van der Waals surface area contributed by atoms with Gasteiger partial charge in [-0.2, -0.15) is 0 Å². The van der Waals surface area contributed by atoms with Crippen LogP contribution in [0.25, 0.3) is 23.3 Å². The Labute approximate surface area is 131 Å². The Morgan fingerprint density at radius 3 is 2.43 bits per heavy atom. The summed E-state index contributed by atoms with van der Waals surface area (Å²) in [4.78, 5) is 31.3. The summed E-state index contributed by atoms with van der Waals surface area (Å²) >= 11 is 0. The zero-order valence-corrected chi connectivity index (χ0v) is 13.0. The average Bonchev–Trinajstić information content (AvgIpc) is 3.01. The molecule has 0 radical (unpaired) electrons. The van der Waals surface area contributed by atoms with Gasteiger partial charge in [-0.15, -0.1) is 0 Å². The van der Waals surface area contributed by atoms with E-state index in [-0.39, 0.29) is 5.56 Å². The van der Waals surface area contributed by atoms with Crippen molar-refractivity contribution in [2.45, 2.75) is 0 Å². The van der Waals surface area contributed by atoms with Crippen molar-refractivity contribution in [3.05, 3.63) is 56.5 Å². The van der Waals surface area contributed by atoms with Crippen molar-refractivity contribution in [2.24, 2.45) is 14.1 Å². The number of benzene rings is 1. The van der Waals surface area contributed by atoms with Gasteiger partial charge in [0.25, 0.3) is 5.56 Å². The molecular weight excluding hydrogens is 296 g/mol. The van der Waals surface area contributed by atoms with Gasteiger partial charge in [0.05, 0.1) is 7.11 Å². The Bertz CT molecular complexity index is 1010. The number of hydrogen-bond donors (Lipinski definition) is 1. The minimum atomic E-state index is -0.403. The summed E-state index contributed by atoms with van der Waals surface area (Å²) in [5.41, 5.74) is 0.823. The maximum absolute atomic E-state index is 12.1. The van der Waals surface area contributed by atoms with Crippen molar-refractivity contribution in [3.8, 4) is 5.75 Å². The summed E-state index contributed by atoms with van der Waals surface area (Å²) < 4.78 is 7.51. The van der Waals surface area contributed by atoms with Crippen LogP contribution in [0, 0.1) is 0 Å². The molecule has 7 nitrogen and oxygen atoms in total. The number of aromatic amines is 1. The summed E-state index contributed by atoms with van der Waals surface area (Å²) in [5, 5.41) is 0. The van der Waals surface area contributed by atoms with Crippen LogP contribution in [-0.4, -0.2) is 26.2 Å². The number of rotatable bonds is 3. The number of imidazole rings is 1. The molecular formula is C16H16N4O3. The first-order chi connectivity index (χ1) is 11.0. The van der Waals surface area contributed by atoms with E-state index >= 15 is 0 Å². The van der Waals surface area contributed by atoms with Gasteiger partial charge in [0, 0.05) is 14.1 Å². The van der Waals surface area contributed by atoms with Crippen molar-refractivity contribution in [2.75, 3.05) is 7.11 Å². The molecule has 3 aromatic rings. The van der Waals surface area contributed by atoms with Crippen molar-refractivity contribution in [1.29, 1.82) is 0 Å². The highest BCUT2D eigenvalue weighted by Gasteiger charge is 2.12. The lowest BCUT2D eigenvalue weighted by Gasteiger charge is -2.00. The molecule has 7 heteroatoms. The number of H-pyrrole nitrogens is 1. The third kappa shape index (κ3) is 2.57. The van der Waals surface area contributed by atoms with Gasteiger partial charge >= 0.3 is 5.69 Å². The van der Waals surface area contributed by atoms with E-state index in [1.165, 1.54) is 11.6 Å². The summed E-state index contributed by atoms with van der Waals surface area (Å²) in [5.74, 6) is 1.29. The van der Waals surface area contributed by atoms with E-state index in [1.807, 2.05) is 30.3 Å². The van der Waals surface area contributed by atoms with Gasteiger partial charge in [-0.05, 0) is 23.8 Å². The van der Waals surface area contributed by atoms with Crippen LogP contribution in [0.2, 0.25) is 0 Å². The van der Waals surface area contributed by atoms with Crippen LogP contribution in [0.3, 0.4) is 0 Å². The van der Waals surface area contributed by atoms with Crippen molar-refractivity contribution in [3.63, 3.8) is 0 Å². The third-order valence-corrected chi connectivity index (χ3v) is 3.66. The summed E-state index contributed by atoms with van der Waals surface area (Å²) in [6.07, 6.45) is 3.62. The molecule has 0 fully saturated rings. The van der Waals surface area contributed by atoms with Crippen LogP contribution in [0.5, 0.6) is 5.75 Å². The molecule has 0 bridgehead atoms. The number of nitrogens with zero attached hydrogens (tertiary/aromatic N) is 3. The molecule has 0 saturated carbocycles. The number of nitrogens with one attached hydrogen (secondary N) is 1. The Kier molecular flexibility index (Phi) is 3.61. The summed E-state index contributed by atoms with van der Waals surface area (Å²) in [6.45, 7) is 0. The van der Waals surface area contributed by atoms with Crippen LogP contribution >= 0.6 is 0 Å². The van der Waals surface area contributed by atoms with E-state index in [9.17, 15) is 9.59 Å². The molecule has 0 unspecified atom stereocenters. The average molecular weight is 312 g/mol. The fourth-order valence-corrected chi connectivity index (χ4v) is 2.31. The summed E-state index contributed by atoms with van der Waals surface area (Å²) in [7, 11) is 4.64. The van der Waals surface area contributed by atoms with E-state index in [4.69, 9.17) is 4.74 Å². The van der Waals surface area contributed by atoms with Gasteiger partial charge in [-0.3, -0.25) is 13.9 Å². The molecule has 118 valence electrons. The first kappa shape index (κ1) is 14.8. The van der Waals surface area contributed by atoms with E-state index in [0.717, 1.165) is 15.9 Å². The van der Waals surface area contributed by atoms with Crippen molar-refractivity contribution in [1.82, 2.24) is 19.1 Å². The summed E-state index contributed by atoms with van der Waals surface area (Å²) in [6, 6.07) is 7.54. The lowest BCUT2D eigenvalue weighted by Crippen LogP contribution is -2.36. The molecule has 2 aromatic heterocycles. The van der Waals surface area contributed by atoms with Gasteiger partial charge < -0.3 is 9.72 Å². The number of fused-ring (bicyclic) bond motifs is 1. The van der Waals surface area contributed by atoms with E-state index in [2.05, 4.69) is 9.97 Å². The highest BCUT2D eigenvalue weighted by Crippen LogP contribution is 2.14. The van der Waals surface area contributed by atoms with Crippen LogP contribution in [0.4, 0.5) is 0 Å². The predicted molar refractivity (Wildman–Crippen MR) is 88.5 cm³/mol. The Morgan fingerprint density at radius 1 is 1.09 bits per heavy atom. The molecule has 0 aliphatic rings. The van der Waals surface area contributed by atoms with Gasteiger partial charge in [0.15, 0.2) is 5.65 Å². The van der Waals surface area contributed by atoms with Gasteiger partial charge in [-0.25, -0.2) is 9.78 Å². The number of hydrogen-bond acceptors (Lipinski definition) is 4. The minimum absolute atomic E-state index is 0.309. The highest BCUT2D eigenvalue weighted by atomic mass is 16.5. The monoisotopic (exact) mass is 312 g/mol. The maximum atomic E-state index is 12.1. The fourth-order valence-electron chi connectivity index (χ4n) is 2.31. The third-order valence-electron chi connectivity index (χ3n) is 3.66. The number of methoxy groups -OCH3 is 1. The SMILES string of the molecule is COc1ccc(C=Cc2nc3c([nH]2)c(=O)n(C)c(=O)n3C)cc1. The second kappa shape index (κ2) is 5.60. The Morgan fingerprint density at radius 2 is 1.78 bits per heavy atom. The van der Waals surface area contributed by atoms with Gasteiger partial charge in [0.2, 0.25) is 0 Å². The second-order valence-electron chi connectivity index (χ2n) is 5.13. The van der Waals surface area contributed by atoms with E-state index in [1.54, 1.807) is 20.2 Å². The zero-order chi connectivity index (χ0) is 16.6. The maximum Gasteiger partial charge on any atom is 0.332 e. The van der Waals surface area contributed by atoms with Gasteiger partial charge in [-0.1, -0.05) is 18.2 Å². The lowest BCUT2D eigenvalue weighted by molar-refractivity contribution is 0.415. The Balaban J connectivity index is 2.02. The molecule has 23 heavy (non-hydrogen) atoms. The van der Waals surface area contributed by atoms with Crippen LogP contribution in [0.15, 0.2) is 33.9 Å². The normalized spacial score (nSPS) is 11.4. The lowest BCUT2D eigenvalue weighted by atomic mass is 10.2. The topological polar surface area (TPSA) is 81.9 Å². The second-order valence-corrected chi connectivity index (χ2v) is 5.13. The van der Waals surface area contributed by atoms with Crippen molar-refractivity contribution < 1.29 is 4.74 Å². The first-order valence-electron chi connectivity index (χ1n) is 6.99. The molecule has 1 N–H and O–H groups in total. The molecule has 0 aliphatic carbocycles. The number of aryl methyl sites for hydroxylation is 1. The molecule has 0 amide bonds. The van der Waals surface area contributed by atoms with E-state index < -0.39 is 5.69 Å². The highest BCUT2D eigenvalue weighted by molar-refractivity contribution is 5.75. The smallest absolute Gasteiger partial charge is 0.332 e. The first-order valence-corrected chi connectivity index (χ1v) is 6.99. The van der Waals surface area contributed by atoms with Crippen molar-refractivity contribution >= 4 is 23.3 Å². The molecule has 0 saturated heterocycles. The molecule has 0 aliphatic heterocycles. The molecule has 2 heterocycles. The largest absolute Gasteiger partial charge is 0.497 e. The molecule has 0 spiro atoms. The van der Waals surface area contributed by atoms with Crippen LogP contribution in [0.1, 0.15) is 11.4 Å². The number of ether oxygens (including phenoxy) is 1. The standard InChI is InChI=1S/C16H16N4O3/c1-19-14-13(15(21)20(2)16(19)22)17-12(18-14)9-6-10-4-7-11(23-3)8-5-10/h4-9H,1-3H3,(H,17,18). The predicted octanol–water partition coefficient (Wildman–Crippen LogP) is 1.14. The zero-order valence-electron chi connectivity index (χ0n) is 13.0.